The van der Waals surface area contributed by atoms with Crippen LogP contribution in [-0.2, 0) is 13.6 Å². The van der Waals surface area contributed by atoms with Crippen LogP contribution in [0.3, 0.4) is 0 Å². The topological polar surface area (TPSA) is 83.9 Å². The van der Waals surface area contributed by atoms with Crippen LogP contribution in [0, 0.1) is 5.41 Å². The van der Waals surface area contributed by atoms with Crippen molar-refractivity contribution in [3.05, 3.63) is 64.3 Å². The van der Waals surface area contributed by atoms with Crippen LogP contribution in [0.5, 0.6) is 0 Å². The highest BCUT2D eigenvalue weighted by Crippen LogP contribution is 2.22. The quantitative estimate of drug-likeness (QED) is 0.502. The fourth-order valence-electron chi connectivity index (χ4n) is 2.65. The number of anilines is 1. The largest absolute Gasteiger partial charge is 0.398 e. The Morgan fingerprint density at radius 2 is 2.08 bits per heavy atom. The van der Waals surface area contributed by atoms with Crippen LogP contribution in [0.1, 0.15) is 21.6 Å². The number of rotatable bonds is 4. The molecular formula is C18H17ClN4O. The summed E-state index contributed by atoms with van der Waals surface area (Å²) in [5.74, 6) is -0.168. The van der Waals surface area contributed by atoms with Gasteiger partial charge in [-0.2, -0.15) is 0 Å². The third-order valence-corrected chi connectivity index (χ3v) is 4.23. The second kappa shape index (κ2) is 6.37. The Bertz CT molecular complexity index is 946. The van der Waals surface area contributed by atoms with E-state index >= 15 is 0 Å². The van der Waals surface area contributed by atoms with Gasteiger partial charge in [-0.1, -0.05) is 23.7 Å². The molecule has 2 aromatic carbocycles. The molecule has 0 unspecified atom stereocenters. The zero-order valence-corrected chi connectivity index (χ0v) is 13.9. The molecule has 5 nitrogen and oxygen atoms in total. The molecule has 0 saturated heterocycles. The highest BCUT2D eigenvalue weighted by Gasteiger charge is 2.13. The fourth-order valence-corrected chi connectivity index (χ4v) is 2.82. The third kappa shape index (κ3) is 2.98. The van der Waals surface area contributed by atoms with Gasteiger partial charge < -0.3 is 21.0 Å². The van der Waals surface area contributed by atoms with E-state index in [1.807, 2.05) is 35.9 Å². The van der Waals surface area contributed by atoms with E-state index in [9.17, 15) is 4.79 Å². The molecule has 3 rings (SSSR count). The summed E-state index contributed by atoms with van der Waals surface area (Å²) in [5.41, 5.74) is 9.32. The molecule has 0 aliphatic heterocycles. The van der Waals surface area contributed by atoms with Gasteiger partial charge in [0, 0.05) is 47.0 Å². The number of hydrogen-bond donors (Lipinski definition) is 3. The zero-order valence-electron chi connectivity index (χ0n) is 13.1. The standard InChI is InChI=1S/C18H17ClN4O/c1-23-16-8-14(19)4-3-12(16)7-17(23)18(24)22-10-11-2-5-15(21)13(6-11)9-20/h2-9,20H,10,21H2,1H3,(H,22,24). The van der Waals surface area contributed by atoms with Crippen molar-refractivity contribution >= 4 is 40.3 Å². The molecule has 3 aromatic rings. The van der Waals surface area contributed by atoms with Crippen molar-refractivity contribution in [2.45, 2.75) is 6.54 Å². The average Bonchev–Trinajstić information content (AvgIpc) is 2.90. The lowest BCUT2D eigenvalue weighted by atomic mass is 10.1. The maximum Gasteiger partial charge on any atom is 0.268 e. The Morgan fingerprint density at radius 3 is 2.83 bits per heavy atom. The van der Waals surface area contributed by atoms with Gasteiger partial charge in [-0.05, 0) is 35.9 Å². The van der Waals surface area contributed by atoms with Gasteiger partial charge in [0.05, 0.1) is 0 Å². The molecule has 0 bridgehead atoms. The number of aryl methyl sites for hydroxylation is 1. The number of fused-ring (bicyclic) bond motifs is 1. The van der Waals surface area contributed by atoms with Crippen LogP contribution in [0.4, 0.5) is 5.69 Å². The Balaban J connectivity index is 1.80. The summed E-state index contributed by atoms with van der Waals surface area (Å²) in [4.78, 5) is 12.5. The SMILES string of the molecule is Cn1c(C(=O)NCc2ccc(N)c(C=N)c2)cc2ccc(Cl)cc21. The van der Waals surface area contributed by atoms with E-state index in [4.69, 9.17) is 22.7 Å². The number of amides is 1. The Labute approximate surface area is 144 Å². The molecule has 1 heterocycles. The predicted molar refractivity (Wildman–Crippen MR) is 97.8 cm³/mol. The second-order valence-corrected chi connectivity index (χ2v) is 6.02. The van der Waals surface area contributed by atoms with E-state index < -0.39 is 0 Å². The Kier molecular flexibility index (Phi) is 4.27. The number of hydrogen-bond acceptors (Lipinski definition) is 3. The van der Waals surface area contributed by atoms with Crippen LogP contribution >= 0.6 is 11.6 Å². The highest BCUT2D eigenvalue weighted by molar-refractivity contribution is 6.31. The normalized spacial score (nSPS) is 10.8. The number of nitrogens with two attached hydrogens (primary N) is 1. The lowest BCUT2D eigenvalue weighted by Crippen LogP contribution is -2.24. The lowest BCUT2D eigenvalue weighted by molar-refractivity contribution is 0.0943. The minimum absolute atomic E-state index is 0.168. The summed E-state index contributed by atoms with van der Waals surface area (Å²) >= 11 is 6.02. The number of carbonyl (C=O) groups excluding carboxylic acids is 1. The molecule has 122 valence electrons. The van der Waals surface area contributed by atoms with Crippen LogP contribution in [0.2, 0.25) is 5.02 Å². The van der Waals surface area contributed by atoms with Crippen molar-refractivity contribution in [3.63, 3.8) is 0 Å². The molecule has 4 N–H and O–H groups in total. The van der Waals surface area contributed by atoms with Crippen LogP contribution in [-0.4, -0.2) is 16.7 Å². The van der Waals surface area contributed by atoms with Gasteiger partial charge >= 0.3 is 0 Å². The molecular weight excluding hydrogens is 324 g/mol. The summed E-state index contributed by atoms with van der Waals surface area (Å²) in [6, 6.07) is 12.7. The van der Waals surface area contributed by atoms with Crippen molar-refractivity contribution < 1.29 is 4.79 Å². The van der Waals surface area contributed by atoms with Gasteiger partial charge in [-0.15, -0.1) is 0 Å². The van der Waals surface area contributed by atoms with E-state index in [1.54, 1.807) is 18.2 Å². The van der Waals surface area contributed by atoms with E-state index in [0.717, 1.165) is 16.5 Å². The van der Waals surface area contributed by atoms with Gasteiger partial charge in [0.2, 0.25) is 0 Å². The van der Waals surface area contributed by atoms with Crippen molar-refractivity contribution in [2.24, 2.45) is 7.05 Å². The first-order chi connectivity index (χ1) is 11.5. The number of nitrogens with zero attached hydrogens (tertiary/aromatic N) is 1. The molecule has 24 heavy (non-hydrogen) atoms. The molecule has 0 radical (unpaired) electrons. The highest BCUT2D eigenvalue weighted by atomic mass is 35.5. The van der Waals surface area contributed by atoms with Gasteiger partial charge in [0.15, 0.2) is 0 Å². The van der Waals surface area contributed by atoms with Gasteiger partial charge in [-0.3, -0.25) is 4.79 Å². The van der Waals surface area contributed by atoms with Gasteiger partial charge in [0.25, 0.3) is 5.91 Å². The number of benzene rings is 2. The first-order valence-electron chi connectivity index (χ1n) is 7.41. The monoisotopic (exact) mass is 340 g/mol. The fraction of sp³-hybridized carbons (Fsp3) is 0.111. The van der Waals surface area contributed by atoms with Crippen molar-refractivity contribution in [2.75, 3.05) is 5.73 Å². The summed E-state index contributed by atoms with van der Waals surface area (Å²) < 4.78 is 1.82. The van der Waals surface area contributed by atoms with Crippen molar-refractivity contribution in [3.8, 4) is 0 Å². The second-order valence-electron chi connectivity index (χ2n) is 5.58. The first kappa shape index (κ1) is 16.1. The molecule has 1 aromatic heterocycles. The number of nitrogen functional groups attached to an aromatic ring is 1. The molecule has 0 aliphatic rings. The predicted octanol–water partition coefficient (Wildman–Crippen LogP) is 3.34. The molecule has 0 aliphatic carbocycles. The van der Waals surface area contributed by atoms with Crippen LogP contribution in [0.15, 0.2) is 42.5 Å². The maximum absolute atomic E-state index is 12.5. The summed E-state index contributed by atoms with van der Waals surface area (Å²) in [6.07, 6.45) is 1.20. The smallest absolute Gasteiger partial charge is 0.268 e. The number of halogens is 1. The summed E-state index contributed by atoms with van der Waals surface area (Å²) in [7, 11) is 1.84. The summed E-state index contributed by atoms with van der Waals surface area (Å²) in [5, 5.41) is 11.8. The first-order valence-corrected chi connectivity index (χ1v) is 7.79. The number of nitrogens with one attached hydrogen (secondary N) is 2. The lowest BCUT2D eigenvalue weighted by Gasteiger charge is -2.08. The molecule has 0 atom stereocenters. The van der Waals surface area contributed by atoms with Crippen LogP contribution in [0.25, 0.3) is 10.9 Å². The molecule has 0 spiro atoms. The van der Waals surface area contributed by atoms with E-state index in [-0.39, 0.29) is 5.91 Å². The molecule has 0 fully saturated rings. The molecule has 1 amide bonds. The third-order valence-electron chi connectivity index (χ3n) is 4.00. The van der Waals surface area contributed by atoms with E-state index in [2.05, 4.69) is 5.32 Å². The van der Waals surface area contributed by atoms with Crippen molar-refractivity contribution in [1.29, 1.82) is 5.41 Å². The molecule has 0 saturated carbocycles. The van der Waals surface area contributed by atoms with Crippen LogP contribution < -0.4 is 11.1 Å². The average molecular weight is 341 g/mol. The van der Waals surface area contributed by atoms with Gasteiger partial charge in [0.1, 0.15) is 5.69 Å². The minimum atomic E-state index is -0.168. The van der Waals surface area contributed by atoms with Gasteiger partial charge in [-0.25, -0.2) is 0 Å². The minimum Gasteiger partial charge on any atom is -0.398 e. The number of carbonyl (C=O) groups is 1. The van der Waals surface area contributed by atoms with E-state index in [1.165, 1.54) is 6.21 Å². The molecule has 6 heteroatoms. The number of aromatic nitrogens is 1. The Hall–Kier alpha value is -2.79. The zero-order chi connectivity index (χ0) is 17.3. The maximum atomic E-state index is 12.5. The Morgan fingerprint density at radius 1 is 1.29 bits per heavy atom. The van der Waals surface area contributed by atoms with Crippen molar-refractivity contribution in [1.82, 2.24) is 9.88 Å². The van der Waals surface area contributed by atoms with E-state index in [0.29, 0.717) is 28.5 Å². The summed E-state index contributed by atoms with van der Waals surface area (Å²) in [6.45, 7) is 0.363.